The Bertz CT molecular complexity index is 115. The van der Waals surface area contributed by atoms with Crippen LogP contribution in [0.5, 0.6) is 0 Å². The normalized spacial score (nSPS) is 18.1. The highest BCUT2D eigenvalue weighted by Crippen LogP contribution is 2.14. The van der Waals surface area contributed by atoms with Crippen LogP contribution in [0.4, 0.5) is 0 Å². The summed E-state index contributed by atoms with van der Waals surface area (Å²) in [6, 6.07) is 0. The molecule has 38 valence electrons. The molecule has 1 nitrogen and oxygen atoms in total. The van der Waals surface area contributed by atoms with Gasteiger partial charge in [-0.25, -0.2) is 0 Å². The predicted octanol–water partition coefficient (Wildman–Crippen LogP) is 2.08. The molecule has 0 aliphatic carbocycles. The molecule has 0 aromatic rings. The van der Waals surface area contributed by atoms with Crippen LogP contribution in [0.3, 0.4) is 0 Å². The summed E-state index contributed by atoms with van der Waals surface area (Å²) in [4.78, 5) is 0. The fourth-order valence-corrected chi connectivity index (χ4v) is 0.716. The van der Waals surface area contributed by atoms with Gasteiger partial charge in [-0.3, -0.25) is 0 Å². The second kappa shape index (κ2) is 2.07. The minimum atomic E-state index is 1.25. The summed E-state index contributed by atoms with van der Waals surface area (Å²) in [6.07, 6.45) is 3.61. The van der Waals surface area contributed by atoms with Gasteiger partial charge in [0.05, 0.1) is 12.0 Å². The van der Waals surface area contributed by atoms with Gasteiger partial charge in [-0.05, 0) is 18.6 Å². The Hall–Kier alpha value is -0.370. The number of hydrogen-bond acceptors (Lipinski definition) is 2. The minimum absolute atomic E-state index is 1.25. The molecule has 0 radical (unpaired) electrons. The van der Waals surface area contributed by atoms with Gasteiger partial charge in [-0.2, -0.15) is 0 Å². The lowest BCUT2D eigenvalue weighted by atomic mass is 10.3. The summed E-state index contributed by atoms with van der Waals surface area (Å²) in [7, 11) is 0. The Kier molecular flexibility index (Phi) is 1.42. The molecular formula is C5H6OS. The van der Waals surface area contributed by atoms with Crippen LogP contribution in [0, 0.1) is 0 Å². The molecule has 0 aromatic carbocycles. The average molecular weight is 114 g/mol. The van der Waals surface area contributed by atoms with E-state index in [4.69, 9.17) is 4.18 Å². The molecule has 0 fully saturated rings. The molecule has 0 unspecified atom stereocenters. The fourth-order valence-electron chi connectivity index (χ4n) is 0.310. The van der Waals surface area contributed by atoms with Gasteiger partial charge in [0.15, 0.2) is 0 Å². The zero-order valence-electron chi connectivity index (χ0n) is 4.05. The number of allylic oxidation sites excluding steroid dienone is 2. The predicted molar refractivity (Wildman–Crippen MR) is 31.6 cm³/mol. The van der Waals surface area contributed by atoms with E-state index in [2.05, 4.69) is 0 Å². The summed E-state index contributed by atoms with van der Waals surface area (Å²) in [5.41, 5.74) is 1.25. The van der Waals surface area contributed by atoms with E-state index < -0.39 is 0 Å². The maximum atomic E-state index is 4.80. The van der Waals surface area contributed by atoms with Crippen molar-refractivity contribution >= 4 is 12.0 Å². The highest BCUT2D eigenvalue weighted by Gasteiger charge is 1.87. The van der Waals surface area contributed by atoms with Gasteiger partial charge >= 0.3 is 0 Å². The molecule has 1 heterocycles. The third-order valence-electron chi connectivity index (χ3n) is 0.676. The molecule has 0 spiro atoms. The topological polar surface area (TPSA) is 9.23 Å². The Labute approximate surface area is 47.3 Å². The molecule has 0 atom stereocenters. The molecule has 1 aliphatic rings. The van der Waals surface area contributed by atoms with Gasteiger partial charge in [-0.15, -0.1) is 0 Å². The zero-order valence-corrected chi connectivity index (χ0v) is 4.87. The van der Waals surface area contributed by atoms with E-state index in [9.17, 15) is 0 Å². The molecule has 0 saturated heterocycles. The monoisotopic (exact) mass is 114 g/mol. The third-order valence-corrected chi connectivity index (χ3v) is 1.37. The summed E-state index contributed by atoms with van der Waals surface area (Å²) in [6.45, 7) is 2.03. The van der Waals surface area contributed by atoms with Crippen LogP contribution in [-0.2, 0) is 4.18 Å². The van der Waals surface area contributed by atoms with Crippen molar-refractivity contribution in [3.05, 3.63) is 23.3 Å². The lowest BCUT2D eigenvalue weighted by molar-refractivity contribution is 0.568. The molecule has 7 heavy (non-hydrogen) atoms. The van der Waals surface area contributed by atoms with Crippen LogP contribution in [0.2, 0.25) is 0 Å². The van der Waals surface area contributed by atoms with Gasteiger partial charge in [0.25, 0.3) is 0 Å². The molecule has 0 N–H and O–H groups in total. The summed E-state index contributed by atoms with van der Waals surface area (Å²) in [5.74, 6) is 0. The van der Waals surface area contributed by atoms with Crippen LogP contribution in [-0.4, -0.2) is 0 Å². The third kappa shape index (κ3) is 1.27. The second-order valence-corrected chi connectivity index (χ2v) is 1.98. The van der Waals surface area contributed by atoms with Gasteiger partial charge in [0, 0.05) is 5.41 Å². The van der Waals surface area contributed by atoms with Crippen LogP contribution in [0.25, 0.3) is 0 Å². The van der Waals surface area contributed by atoms with E-state index in [1.54, 1.807) is 6.26 Å². The first-order valence-corrected chi connectivity index (χ1v) is 2.85. The van der Waals surface area contributed by atoms with Crippen molar-refractivity contribution < 1.29 is 4.18 Å². The number of rotatable bonds is 0. The Morgan fingerprint density at radius 3 is 2.86 bits per heavy atom. The van der Waals surface area contributed by atoms with Crippen molar-refractivity contribution in [3.8, 4) is 0 Å². The lowest BCUT2D eigenvalue weighted by Crippen LogP contribution is -1.72. The molecular weight excluding hydrogens is 108 g/mol. The van der Waals surface area contributed by atoms with E-state index in [1.807, 2.05) is 18.4 Å². The molecule has 0 amide bonds. The highest BCUT2D eigenvalue weighted by molar-refractivity contribution is 7.97. The van der Waals surface area contributed by atoms with Crippen molar-refractivity contribution in [3.63, 3.8) is 0 Å². The maximum absolute atomic E-state index is 4.80. The zero-order chi connectivity index (χ0) is 5.11. The second-order valence-electron chi connectivity index (χ2n) is 1.36. The molecule has 0 aromatic heterocycles. The smallest absolute Gasteiger partial charge is 0.102 e. The van der Waals surface area contributed by atoms with E-state index in [0.29, 0.717) is 0 Å². The van der Waals surface area contributed by atoms with Crippen molar-refractivity contribution in [2.75, 3.05) is 0 Å². The summed E-state index contributed by atoms with van der Waals surface area (Å²) >= 11 is 1.35. The quantitative estimate of drug-likeness (QED) is 0.446. The van der Waals surface area contributed by atoms with Crippen molar-refractivity contribution in [1.29, 1.82) is 0 Å². The van der Waals surface area contributed by atoms with Gasteiger partial charge in [0.2, 0.25) is 0 Å². The van der Waals surface area contributed by atoms with Crippen LogP contribution < -0.4 is 0 Å². The fraction of sp³-hybridized carbons (Fsp3) is 0.200. The average Bonchev–Trinajstić information content (AvgIpc) is 1.69. The van der Waals surface area contributed by atoms with Crippen LogP contribution in [0.1, 0.15) is 6.92 Å². The molecule has 2 heteroatoms. The van der Waals surface area contributed by atoms with Crippen molar-refractivity contribution in [2.24, 2.45) is 0 Å². The SMILES string of the molecule is CC1=CSOC=C1. The summed E-state index contributed by atoms with van der Waals surface area (Å²) in [5, 5.41) is 1.96. The molecule has 1 rings (SSSR count). The van der Waals surface area contributed by atoms with E-state index >= 15 is 0 Å². The van der Waals surface area contributed by atoms with Crippen LogP contribution in [0.15, 0.2) is 23.3 Å². The minimum Gasteiger partial charge on any atom is -0.429 e. The highest BCUT2D eigenvalue weighted by atomic mass is 32.2. The number of hydrogen-bond donors (Lipinski definition) is 0. The standard InChI is InChI=1S/C5H6OS/c1-5-2-3-6-7-4-5/h2-4H,1H3. The summed E-state index contributed by atoms with van der Waals surface area (Å²) < 4.78 is 4.80. The van der Waals surface area contributed by atoms with Gasteiger partial charge < -0.3 is 4.18 Å². The molecule has 1 aliphatic heterocycles. The first-order chi connectivity index (χ1) is 3.39. The van der Waals surface area contributed by atoms with Gasteiger partial charge in [0.1, 0.15) is 6.26 Å². The maximum Gasteiger partial charge on any atom is 0.102 e. The Morgan fingerprint density at radius 2 is 2.57 bits per heavy atom. The Balaban J connectivity index is 2.58. The van der Waals surface area contributed by atoms with E-state index in [-0.39, 0.29) is 0 Å². The van der Waals surface area contributed by atoms with Gasteiger partial charge in [-0.1, -0.05) is 0 Å². The van der Waals surface area contributed by atoms with E-state index in [1.165, 1.54) is 17.6 Å². The molecule has 0 saturated carbocycles. The first kappa shape index (κ1) is 4.78. The lowest BCUT2D eigenvalue weighted by Gasteiger charge is -1.98. The Morgan fingerprint density at radius 1 is 1.71 bits per heavy atom. The van der Waals surface area contributed by atoms with Crippen molar-refractivity contribution in [1.82, 2.24) is 0 Å². The van der Waals surface area contributed by atoms with Crippen LogP contribution >= 0.6 is 12.0 Å². The molecule has 0 bridgehead atoms. The van der Waals surface area contributed by atoms with Crippen molar-refractivity contribution in [2.45, 2.75) is 6.92 Å². The van der Waals surface area contributed by atoms with E-state index in [0.717, 1.165) is 0 Å². The largest absolute Gasteiger partial charge is 0.429 e. The first-order valence-electron chi connectivity index (χ1n) is 2.05.